The molecule has 1 amide bonds. The van der Waals surface area contributed by atoms with Gasteiger partial charge in [-0.1, -0.05) is 43.7 Å². The van der Waals surface area contributed by atoms with Crippen LogP contribution >= 0.6 is 0 Å². The van der Waals surface area contributed by atoms with E-state index in [-0.39, 0.29) is 0 Å². The molecule has 0 saturated carbocycles. The zero-order valence-electron chi connectivity index (χ0n) is 10.0. The summed E-state index contributed by atoms with van der Waals surface area (Å²) in [6.07, 6.45) is 3.58. The maximum Gasteiger partial charge on any atom is 0.292 e. The van der Waals surface area contributed by atoms with Crippen molar-refractivity contribution < 1.29 is 9.59 Å². The predicted molar refractivity (Wildman–Crippen MR) is 68.0 cm³/mol. The molecule has 0 spiro atoms. The van der Waals surface area contributed by atoms with Crippen LogP contribution in [0.25, 0.3) is 0 Å². The molecular weight excluding hydrogens is 214 g/mol. The van der Waals surface area contributed by atoms with Crippen LogP contribution in [0.4, 0.5) is 0 Å². The first-order valence-electron chi connectivity index (χ1n) is 5.71. The number of carbonyl (C=O) groups is 2. The first-order chi connectivity index (χ1) is 8.19. The van der Waals surface area contributed by atoms with Gasteiger partial charge in [0.1, 0.15) is 0 Å². The van der Waals surface area contributed by atoms with E-state index in [1.54, 1.807) is 12.1 Å². The molecule has 0 bridgehead atoms. The largest absolute Gasteiger partial charge is 0.346 e. The van der Waals surface area contributed by atoms with Crippen molar-refractivity contribution in [2.24, 2.45) is 0 Å². The van der Waals surface area contributed by atoms with E-state index < -0.39 is 11.7 Å². The van der Waals surface area contributed by atoms with Gasteiger partial charge in [-0.2, -0.15) is 0 Å². The smallest absolute Gasteiger partial charge is 0.292 e. The highest BCUT2D eigenvalue weighted by Crippen LogP contribution is 2.07. The first kappa shape index (κ1) is 13.2. The molecular formula is C14H17NO2. The Kier molecular flexibility index (Phi) is 5.14. The minimum atomic E-state index is -0.590. The van der Waals surface area contributed by atoms with Crippen molar-refractivity contribution in [2.75, 3.05) is 6.54 Å². The molecule has 0 aliphatic heterocycles. The van der Waals surface area contributed by atoms with Crippen LogP contribution in [0.2, 0.25) is 0 Å². The van der Waals surface area contributed by atoms with Crippen LogP contribution in [0.5, 0.6) is 0 Å². The number of Topliss-reactive ketones (excluding diaryl/α,β-unsaturated/α-hetero) is 1. The van der Waals surface area contributed by atoms with E-state index in [0.717, 1.165) is 12.8 Å². The van der Waals surface area contributed by atoms with E-state index in [9.17, 15) is 9.59 Å². The Hall–Kier alpha value is -1.90. The number of rotatable bonds is 6. The molecule has 0 unspecified atom stereocenters. The molecule has 90 valence electrons. The predicted octanol–water partition coefficient (Wildman–Crippen LogP) is 2.12. The third-order valence-corrected chi connectivity index (χ3v) is 2.37. The molecule has 0 aliphatic rings. The van der Waals surface area contributed by atoms with Gasteiger partial charge in [-0.25, -0.2) is 0 Å². The summed E-state index contributed by atoms with van der Waals surface area (Å²) >= 11 is 0. The van der Waals surface area contributed by atoms with E-state index in [0.29, 0.717) is 12.1 Å². The number of amides is 1. The maximum atomic E-state index is 11.7. The number of nitrogens with one attached hydrogen (secondary N) is 1. The van der Waals surface area contributed by atoms with Crippen LogP contribution < -0.4 is 5.32 Å². The summed E-state index contributed by atoms with van der Waals surface area (Å²) in [7, 11) is 0. The minimum Gasteiger partial charge on any atom is -0.346 e. The molecule has 0 heterocycles. The molecule has 0 aliphatic carbocycles. The molecule has 1 rings (SSSR count). The van der Waals surface area contributed by atoms with E-state index in [1.807, 2.05) is 12.1 Å². The van der Waals surface area contributed by atoms with Crippen LogP contribution in [0.1, 0.15) is 29.3 Å². The Morgan fingerprint density at radius 3 is 2.47 bits per heavy atom. The zero-order valence-corrected chi connectivity index (χ0v) is 10.0. The molecule has 0 fully saturated rings. The van der Waals surface area contributed by atoms with E-state index in [2.05, 4.69) is 18.8 Å². The van der Waals surface area contributed by atoms with Gasteiger partial charge in [0.15, 0.2) is 0 Å². The highest BCUT2D eigenvalue weighted by atomic mass is 16.2. The zero-order chi connectivity index (χ0) is 12.7. The Balaban J connectivity index is 2.68. The quantitative estimate of drug-likeness (QED) is 0.463. The van der Waals surface area contributed by atoms with Crippen molar-refractivity contribution >= 4 is 11.7 Å². The Labute approximate surface area is 102 Å². The molecule has 0 atom stereocenters. The molecule has 0 radical (unpaired) electrons. The summed E-state index contributed by atoms with van der Waals surface area (Å²) in [5, 5.41) is 2.46. The second kappa shape index (κ2) is 6.63. The van der Waals surface area contributed by atoms with Crippen molar-refractivity contribution in [3.63, 3.8) is 0 Å². The average molecular weight is 231 g/mol. The van der Waals surface area contributed by atoms with Gasteiger partial charge >= 0.3 is 0 Å². The molecule has 0 aromatic heterocycles. The highest BCUT2D eigenvalue weighted by Gasteiger charge is 2.14. The molecule has 1 aromatic rings. The van der Waals surface area contributed by atoms with Gasteiger partial charge in [-0.05, 0) is 12.0 Å². The fraction of sp³-hybridized carbons (Fsp3) is 0.286. The van der Waals surface area contributed by atoms with Crippen LogP contribution in [0.3, 0.4) is 0 Å². The number of hydrogen-bond donors (Lipinski definition) is 1. The minimum absolute atomic E-state index is 0.304. The molecule has 0 saturated heterocycles. The molecule has 1 N–H and O–H groups in total. The standard InChI is InChI=1S/C14H17NO2/c1-3-5-11-6-8-12(9-7-11)13(16)14(17)15-10-4-2/h4,6-9H,2-3,5,10H2,1H3,(H,15,17). The number of ketones is 1. The topological polar surface area (TPSA) is 46.2 Å². The normalized spacial score (nSPS) is 9.71. The highest BCUT2D eigenvalue weighted by molar-refractivity contribution is 6.42. The van der Waals surface area contributed by atoms with E-state index in [1.165, 1.54) is 11.6 Å². The van der Waals surface area contributed by atoms with Crippen molar-refractivity contribution in [3.8, 4) is 0 Å². The van der Waals surface area contributed by atoms with Crippen molar-refractivity contribution in [2.45, 2.75) is 19.8 Å². The fourth-order valence-electron chi connectivity index (χ4n) is 1.49. The average Bonchev–Trinajstić information content (AvgIpc) is 2.36. The fourth-order valence-corrected chi connectivity index (χ4v) is 1.49. The van der Waals surface area contributed by atoms with Gasteiger partial charge in [0.25, 0.3) is 5.91 Å². The number of hydrogen-bond acceptors (Lipinski definition) is 2. The van der Waals surface area contributed by atoms with Crippen molar-refractivity contribution in [3.05, 3.63) is 48.0 Å². The maximum absolute atomic E-state index is 11.7. The number of carbonyl (C=O) groups excluding carboxylic acids is 2. The number of benzene rings is 1. The van der Waals surface area contributed by atoms with Crippen molar-refractivity contribution in [1.82, 2.24) is 5.32 Å². The molecule has 1 aromatic carbocycles. The van der Waals surface area contributed by atoms with Gasteiger partial charge < -0.3 is 5.32 Å². The molecule has 17 heavy (non-hydrogen) atoms. The Bertz CT molecular complexity index is 407. The molecule has 3 heteroatoms. The third kappa shape index (κ3) is 3.87. The lowest BCUT2D eigenvalue weighted by Gasteiger charge is -2.03. The third-order valence-electron chi connectivity index (χ3n) is 2.37. The van der Waals surface area contributed by atoms with Gasteiger partial charge in [0, 0.05) is 12.1 Å². The van der Waals surface area contributed by atoms with E-state index in [4.69, 9.17) is 0 Å². The summed E-state index contributed by atoms with van der Waals surface area (Å²) < 4.78 is 0. The van der Waals surface area contributed by atoms with Gasteiger partial charge in [-0.3, -0.25) is 9.59 Å². The first-order valence-corrected chi connectivity index (χ1v) is 5.71. The van der Waals surface area contributed by atoms with E-state index >= 15 is 0 Å². The lowest BCUT2D eigenvalue weighted by atomic mass is 10.1. The monoisotopic (exact) mass is 231 g/mol. The summed E-state index contributed by atoms with van der Waals surface area (Å²) in [6, 6.07) is 7.16. The van der Waals surface area contributed by atoms with Crippen LogP contribution in [0, 0.1) is 0 Å². The Morgan fingerprint density at radius 1 is 1.29 bits per heavy atom. The summed E-state index contributed by atoms with van der Waals surface area (Å²) in [6.45, 7) is 5.87. The SMILES string of the molecule is C=CCNC(=O)C(=O)c1ccc(CCC)cc1. The summed E-state index contributed by atoms with van der Waals surface area (Å²) in [4.78, 5) is 23.1. The van der Waals surface area contributed by atoms with Crippen LogP contribution in [0.15, 0.2) is 36.9 Å². The van der Waals surface area contributed by atoms with Gasteiger partial charge in [0.05, 0.1) is 0 Å². The second-order valence-corrected chi connectivity index (χ2v) is 3.77. The summed E-state index contributed by atoms with van der Waals surface area (Å²) in [5.74, 6) is -1.09. The number of aryl methyl sites for hydroxylation is 1. The van der Waals surface area contributed by atoms with Gasteiger partial charge in [0.2, 0.25) is 5.78 Å². The summed E-state index contributed by atoms with van der Waals surface area (Å²) in [5.41, 5.74) is 1.60. The van der Waals surface area contributed by atoms with Crippen LogP contribution in [-0.4, -0.2) is 18.2 Å². The lowest BCUT2D eigenvalue weighted by molar-refractivity contribution is -0.116. The van der Waals surface area contributed by atoms with Gasteiger partial charge in [-0.15, -0.1) is 6.58 Å². The van der Waals surface area contributed by atoms with Crippen LogP contribution in [-0.2, 0) is 11.2 Å². The van der Waals surface area contributed by atoms with Crippen molar-refractivity contribution in [1.29, 1.82) is 0 Å². The lowest BCUT2D eigenvalue weighted by Crippen LogP contribution is -2.31. The molecule has 3 nitrogen and oxygen atoms in total. The Morgan fingerprint density at radius 2 is 1.94 bits per heavy atom. The second-order valence-electron chi connectivity index (χ2n) is 3.77.